The Balaban J connectivity index is 2.59. The van der Waals surface area contributed by atoms with Crippen LogP contribution >= 0.6 is 34.8 Å². The lowest BCUT2D eigenvalue weighted by Crippen LogP contribution is -2.23. The molecule has 0 aliphatic heterocycles. The van der Waals surface area contributed by atoms with Crippen LogP contribution in [0.1, 0.15) is 12.5 Å². The van der Waals surface area contributed by atoms with Gasteiger partial charge in [-0.05, 0) is 24.6 Å². The van der Waals surface area contributed by atoms with Gasteiger partial charge in [0.2, 0.25) is 0 Å². The molecule has 6 heteroatoms. The van der Waals surface area contributed by atoms with E-state index in [4.69, 9.17) is 44.6 Å². The molecular formula is C12H15Cl3O3. The SMILES string of the molecule is CC(CO)OCC(O)Cc1cc(Cl)c(Cl)cc1Cl. The summed E-state index contributed by atoms with van der Waals surface area (Å²) in [5, 5.41) is 19.8. The van der Waals surface area contributed by atoms with Gasteiger partial charge in [0.25, 0.3) is 0 Å². The molecule has 102 valence electrons. The number of rotatable bonds is 6. The van der Waals surface area contributed by atoms with Crippen molar-refractivity contribution >= 4 is 34.8 Å². The Morgan fingerprint density at radius 3 is 2.39 bits per heavy atom. The minimum absolute atomic E-state index is 0.0831. The number of ether oxygens (including phenoxy) is 1. The third kappa shape index (κ3) is 4.92. The molecule has 1 rings (SSSR count). The van der Waals surface area contributed by atoms with Gasteiger partial charge in [-0.15, -0.1) is 0 Å². The normalized spacial score (nSPS) is 14.6. The number of hydrogen-bond donors (Lipinski definition) is 2. The molecule has 18 heavy (non-hydrogen) atoms. The Kier molecular flexibility index (Phi) is 6.71. The van der Waals surface area contributed by atoms with Gasteiger partial charge >= 0.3 is 0 Å². The number of halogens is 3. The molecule has 2 atom stereocenters. The highest BCUT2D eigenvalue weighted by molar-refractivity contribution is 6.43. The molecular weight excluding hydrogens is 298 g/mol. The lowest BCUT2D eigenvalue weighted by Gasteiger charge is -2.15. The number of hydrogen-bond acceptors (Lipinski definition) is 3. The number of benzene rings is 1. The van der Waals surface area contributed by atoms with Crippen LogP contribution < -0.4 is 0 Å². The molecule has 0 amide bonds. The van der Waals surface area contributed by atoms with Crippen molar-refractivity contribution in [1.82, 2.24) is 0 Å². The van der Waals surface area contributed by atoms with Crippen LogP contribution in [0, 0.1) is 0 Å². The summed E-state index contributed by atoms with van der Waals surface area (Å²) in [5.41, 5.74) is 0.707. The van der Waals surface area contributed by atoms with E-state index in [1.54, 1.807) is 19.1 Å². The molecule has 2 N–H and O–H groups in total. The Morgan fingerprint density at radius 1 is 1.17 bits per heavy atom. The summed E-state index contributed by atoms with van der Waals surface area (Å²) >= 11 is 17.7. The molecule has 0 bridgehead atoms. The van der Waals surface area contributed by atoms with E-state index in [-0.39, 0.29) is 19.3 Å². The average molecular weight is 314 g/mol. The molecule has 1 aromatic rings. The Labute approximate surface area is 121 Å². The zero-order chi connectivity index (χ0) is 13.7. The summed E-state index contributed by atoms with van der Waals surface area (Å²) in [6.07, 6.45) is -0.703. The summed E-state index contributed by atoms with van der Waals surface area (Å²) in [6, 6.07) is 3.18. The zero-order valence-corrected chi connectivity index (χ0v) is 12.1. The smallest absolute Gasteiger partial charge is 0.0814 e. The van der Waals surface area contributed by atoms with Gasteiger partial charge in [0, 0.05) is 11.4 Å². The van der Waals surface area contributed by atoms with Gasteiger partial charge in [0.15, 0.2) is 0 Å². The summed E-state index contributed by atoms with van der Waals surface area (Å²) in [5.74, 6) is 0. The minimum Gasteiger partial charge on any atom is -0.394 e. The summed E-state index contributed by atoms with van der Waals surface area (Å²) in [4.78, 5) is 0. The highest BCUT2D eigenvalue weighted by Crippen LogP contribution is 2.29. The van der Waals surface area contributed by atoms with Crippen LogP contribution in [0.5, 0.6) is 0 Å². The second-order valence-electron chi connectivity index (χ2n) is 4.04. The summed E-state index contributed by atoms with van der Waals surface area (Å²) in [6.45, 7) is 1.76. The third-order valence-corrected chi connectivity index (χ3v) is 3.45. The van der Waals surface area contributed by atoms with Gasteiger partial charge in [-0.2, -0.15) is 0 Å². The molecule has 0 aliphatic rings. The molecule has 0 aromatic heterocycles. The third-order valence-electron chi connectivity index (χ3n) is 2.38. The maximum atomic E-state index is 9.79. The van der Waals surface area contributed by atoms with E-state index in [0.717, 1.165) is 0 Å². The second-order valence-corrected chi connectivity index (χ2v) is 5.26. The molecule has 1 aromatic carbocycles. The summed E-state index contributed by atoms with van der Waals surface area (Å²) < 4.78 is 5.22. The van der Waals surface area contributed by atoms with Crippen LogP contribution in [0.25, 0.3) is 0 Å². The van der Waals surface area contributed by atoms with E-state index in [9.17, 15) is 5.11 Å². The first-order valence-electron chi connectivity index (χ1n) is 5.48. The van der Waals surface area contributed by atoms with Crippen LogP contribution in [-0.2, 0) is 11.2 Å². The van der Waals surface area contributed by atoms with Crippen LogP contribution in [0.4, 0.5) is 0 Å². The van der Waals surface area contributed by atoms with E-state index in [1.165, 1.54) is 0 Å². The van der Waals surface area contributed by atoms with Crippen molar-refractivity contribution in [2.24, 2.45) is 0 Å². The molecule has 0 saturated heterocycles. The maximum absolute atomic E-state index is 9.79. The van der Waals surface area contributed by atoms with Crippen molar-refractivity contribution in [3.05, 3.63) is 32.8 Å². The van der Waals surface area contributed by atoms with E-state index in [2.05, 4.69) is 0 Å². The van der Waals surface area contributed by atoms with Gasteiger partial charge in [0.1, 0.15) is 0 Å². The first-order valence-corrected chi connectivity index (χ1v) is 6.61. The molecule has 3 nitrogen and oxygen atoms in total. The van der Waals surface area contributed by atoms with Gasteiger partial charge in [-0.1, -0.05) is 34.8 Å². The number of aliphatic hydroxyl groups excluding tert-OH is 2. The van der Waals surface area contributed by atoms with Crippen molar-refractivity contribution in [2.45, 2.75) is 25.6 Å². The molecule has 0 spiro atoms. The van der Waals surface area contributed by atoms with Gasteiger partial charge in [-0.25, -0.2) is 0 Å². The molecule has 0 saturated carbocycles. The van der Waals surface area contributed by atoms with E-state index in [1.807, 2.05) is 0 Å². The Bertz CT molecular complexity index is 398. The molecule has 0 heterocycles. The predicted octanol–water partition coefficient (Wildman–Crippen LogP) is 2.95. The minimum atomic E-state index is -0.714. The highest BCUT2D eigenvalue weighted by Gasteiger charge is 2.12. The fourth-order valence-corrected chi connectivity index (χ4v) is 2.01. The van der Waals surface area contributed by atoms with E-state index in [0.29, 0.717) is 27.1 Å². The van der Waals surface area contributed by atoms with Gasteiger partial charge < -0.3 is 14.9 Å². The van der Waals surface area contributed by atoms with Crippen LogP contribution in [0.2, 0.25) is 15.1 Å². The van der Waals surface area contributed by atoms with Gasteiger partial charge in [0.05, 0.1) is 35.5 Å². The van der Waals surface area contributed by atoms with Crippen molar-refractivity contribution in [3.63, 3.8) is 0 Å². The average Bonchev–Trinajstić information content (AvgIpc) is 2.33. The zero-order valence-electron chi connectivity index (χ0n) is 9.87. The Morgan fingerprint density at radius 2 is 1.78 bits per heavy atom. The first kappa shape index (κ1) is 16.0. The van der Waals surface area contributed by atoms with E-state index < -0.39 is 6.10 Å². The van der Waals surface area contributed by atoms with Gasteiger partial charge in [-0.3, -0.25) is 0 Å². The van der Waals surface area contributed by atoms with Crippen molar-refractivity contribution < 1.29 is 14.9 Å². The molecule has 0 fully saturated rings. The highest BCUT2D eigenvalue weighted by atomic mass is 35.5. The largest absolute Gasteiger partial charge is 0.394 e. The van der Waals surface area contributed by atoms with Crippen LogP contribution in [-0.4, -0.2) is 35.6 Å². The predicted molar refractivity (Wildman–Crippen MR) is 73.7 cm³/mol. The van der Waals surface area contributed by atoms with Crippen molar-refractivity contribution in [1.29, 1.82) is 0 Å². The fraction of sp³-hybridized carbons (Fsp3) is 0.500. The quantitative estimate of drug-likeness (QED) is 0.794. The summed E-state index contributed by atoms with van der Waals surface area (Å²) in [7, 11) is 0. The number of aliphatic hydroxyl groups is 2. The van der Waals surface area contributed by atoms with Crippen molar-refractivity contribution in [2.75, 3.05) is 13.2 Å². The molecule has 0 aliphatic carbocycles. The first-order chi connectivity index (χ1) is 8.43. The standard InChI is InChI=1S/C12H15Cl3O3/c1-7(5-16)18-6-9(17)2-8-3-11(14)12(15)4-10(8)13/h3-4,7,9,16-17H,2,5-6H2,1H3. The molecule has 2 unspecified atom stereocenters. The lowest BCUT2D eigenvalue weighted by molar-refractivity contribution is -0.0228. The Hall–Kier alpha value is -0.0300. The fourth-order valence-electron chi connectivity index (χ4n) is 1.36. The molecule has 0 radical (unpaired) electrons. The lowest BCUT2D eigenvalue weighted by atomic mass is 10.1. The maximum Gasteiger partial charge on any atom is 0.0814 e. The van der Waals surface area contributed by atoms with Crippen LogP contribution in [0.15, 0.2) is 12.1 Å². The second kappa shape index (κ2) is 7.53. The van der Waals surface area contributed by atoms with E-state index >= 15 is 0 Å². The monoisotopic (exact) mass is 312 g/mol. The van der Waals surface area contributed by atoms with Crippen LogP contribution in [0.3, 0.4) is 0 Å². The topological polar surface area (TPSA) is 49.7 Å². The van der Waals surface area contributed by atoms with Crippen molar-refractivity contribution in [3.8, 4) is 0 Å².